The van der Waals surface area contributed by atoms with Gasteiger partial charge in [0, 0.05) is 9.90 Å². The fourth-order valence-electron chi connectivity index (χ4n) is 3.37. The lowest BCUT2D eigenvalue weighted by atomic mass is 10.1. The van der Waals surface area contributed by atoms with E-state index in [1.807, 2.05) is 45.9 Å². The number of thiophene rings is 1. The van der Waals surface area contributed by atoms with Crippen molar-refractivity contribution in [1.29, 1.82) is 0 Å². The van der Waals surface area contributed by atoms with Gasteiger partial charge in [-0.1, -0.05) is 41.0 Å². The van der Waals surface area contributed by atoms with Gasteiger partial charge in [-0.3, -0.25) is 14.2 Å². The summed E-state index contributed by atoms with van der Waals surface area (Å²) in [7, 11) is 0. The molecule has 2 aromatic heterocycles. The second kappa shape index (κ2) is 9.50. The second-order valence-electron chi connectivity index (χ2n) is 7.73. The molecule has 5 nitrogen and oxygen atoms in total. The number of aryl methyl sites for hydroxylation is 4. The molecule has 2 aromatic carbocycles. The number of amides is 1. The minimum absolute atomic E-state index is 0.0606. The highest BCUT2D eigenvalue weighted by Crippen LogP contribution is 2.30. The highest BCUT2D eigenvalue weighted by atomic mass is 35.5. The van der Waals surface area contributed by atoms with E-state index < -0.39 is 0 Å². The normalized spacial score (nSPS) is 11.2. The number of fused-ring (bicyclic) bond motifs is 1. The maximum Gasteiger partial charge on any atom is 0.267 e. The van der Waals surface area contributed by atoms with Gasteiger partial charge in [0.05, 0.1) is 27.5 Å². The number of hydrogen-bond acceptors (Lipinski definition) is 5. The minimum Gasteiger partial charge on any atom is -0.324 e. The molecule has 0 saturated heterocycles. The molecule has 170 valence electrons. The number of carbonyl (C=O) groups excluding carboxylic acids is 1. The Balaban J connectivity index is 1.72. The summed E-state index contributed by atoms with van der Waals surface area (Å²) in [6, 6.07) is 10.7. The Kier molecular flexibility index (Phi) is 6.86. The number of thioether (sulfide) groups is 1. The number of nitrogens with one attached hydrogen (secondary N) is 1. The second-order valence-corrected chi connectivity index (χ2v) is 10.7. The number of nitrogens with zero attached hydrogens (tertiary/aromatic N) is 2. The molecule has 0 bridgehead atoms. The summed E-state index contributed by atoms with van der Waals surface area (Å²) in [5.41, 5.74) is 4.22. The van der Waals surface area contributed by atoms with Crippen LogP contribution in [0.15, 0.2) is 46.3 Å². The number of anilines is 1. The quantitative estimate of drug-likeness (QED) is 0.235. The Morgan fingerprint density at radius 3 is 2.55 bits per heavy atom. The Morgan fingerprint density at radius 1 is 1.09 bits per heavy atom. The zero-order valence-electron chi connectivity index (χ0n) is 18.5. The van der Waals surface area contributed by atoms with Gasteiger partial charge in [-0.05, 0) is 74.7 Å². The van der Waals surface area contributed by atoms with Crippen LogP contribution in [-0.2, 0) is 4.79 Å². The number of halogens is 2. The molecule has 0 atom stereocenters. The van der Waals surface area contributed by atoms with Crippen molar-refractivity contribution >= 4 is 68.1 Å². The summed E-state index contributed by atoms with van der Waals surface area (Å²) in [5, 5.41) is 4.72. The molecule has 9 heteroatoms. The predicted octanol–water partition coefficient (Wildman–Crippen LogP) is 6.72. The lowest BCUT2D eigenvalue weighted by Gasteiger charge is -2.14. The van der Waals surface area contributed by atoms with Crippen LogP contribution in [0.1, 0.15) is 21.6 Å². The lowest BCUT2D eigenvalue weighted by Crippen LogP contribution is -2.23. The highest BCUT2D eigenvalue weighted by molar-refractivity contribution is 7.99. The summed E-state index contributed by atoms with van der Waals surface area (Å²) in [4.78, 5) is 32.7. The first-order valence-electron chi connectivity index (χ1n) is 10.1. The van der Waals surface area contributed by atoms with Crippen LogP contribution in [0.5, 0.6) is 0 Å². The first-order valence-corrected chi connectivity index (χ1v) is 12.7. The fourth-order valence-corrected chi connectivity index (χ4v) is 5.71. The third-order valence-electron chi connectivity index (χ3n) is 5.46. The van der Waals surface area contributed by atoms with E-state index in [0.29, 0.717) is 31.1 Å². The molecule has 1 N–H and O–H groups in total. The molecule has 0 aliphatic rings. The Labute approximate surface area is 209 Å². The number of rotatable bonds is 5. The zero-order valence-corrected chi connectivity index (χ0v) is 21.6. The van der Waals surface area contributed by atoms with E-state index in [0.717, 1.165) is 27.3 Å². The topological polar surface area (TPSA) is 64.0 Å². The molecule has 0 aliphatic carbocycles. The third-order valence-corrected chi connectivity index (χ3v) is 8.05. The van der Waals surface area contributed by atoms with Crippen molar-refractivity contribution in [2.45, 2.75) is 32.9 Å². The first-order chi connectivity index (χ1) is 15.7. The largest absolute Gasteiger partial charge is 0.324 e. The number of benzene rings is 2. The summed E-state index contributed by atoms with van der Waals surface area (Å²) in [5.74, 6) is -0.200. The van der Waals surface area contributed by atoms with E-state index in [2.05, 4.69) is 5.32 Å². The van der Waals surface area contributed by atoms with Crippen molar-refractivity contribution in [2.24, 2.45) is 0 Å². The molecule has 33 heavy (non-hydrogen) atoms. The Bertz CT molecular complexity index is 1460. The van der Waals surface area contributed by atoms with E-state index >= 15 is 0 Å². The van der Waals surface area contributed by atoms with Gasteiger partial charge in [-0.2, -0.15) is 0 Å². The smallest absolute Gasteiger partial charge is 0.267 e. The molecule has 2 heterocycles. The lowest BCUT2D eigenvalue weighted by molar-refractivity contribution is -0.113. The van der Waals surface area contributed by atoms with Crippen LogP contribution >= 0.6 is 46.3 Å². The number of carbonyl (C=O) groups is 1. The molecular formula is C24H21Cl2N3O2S2. The molecule has 0 radical (unpaired) electrons. The summed E-state index contributed by atoms with van der Waals surface area (Å²) >= 11 is 14.8. The molecular weight excluding hydrogens is 497 g/mol. The van der Waals surface area contributed by atoms with Gasteiger partial charge < -0.3 is 5.32 Å². The van der Waals surface area contributed by atoms with Crippen LogP contribution in [0, 0.1) is 27.7 Å². The summed E-state index contributed by atoms with van der Waals surface area (Å²) < 4.78 is 1.60. The zero-order chi connectivity index (χ0) is 23.9. The number of aromatic nitrogens is 2. The average Bonchev–Trinajstić information content (AvgIpc) is 3.04. The van der Waals surface area contributed by atoms with Crippen LogP contribution in [0.4, 0.5) is 5.69 Å². The molecule has 0 saturated carbocycles. The minimum atomic E-state index is -0.260. The predicted molar refractivity (Wildman–Crippen MR) is 140 cm³/mol. The van der Waals surface area contributed by atoms with Crippen LogP contribution in [0.3, 0.4) is 0 Å². The maximum atomic E-state index is 13.6. The van der Waals surface area contributed by atoms with E-state index in [9.17, 15) is 9.59 Å². The highest BCUT2D eigenvalue weighted by Gasteiger charge is 2.19. The molecule has 0 aliphatic heterocycles. The monoisotopic (exact) mass is 517 g/mol. The maximum absolute atomic E-state index is 13.6. The van der Waals surface area contributed by atoms with Crippen molar-refractivity contribution in [1.82, 2.24) is 9.55 Å². The van der Waals surface area contributed by atoms with Gasteiger partial charge in [-0.25, -0.2) is 4.98 Å². The van der Waals surface area contributed by atoms with Gasteiger partial charge >= 0.3 is 0 Å². The van der Waals surface area contributed by atoms with Gasteiger partial charge in [0.15, 0.2) is 5.16 Å². The average molecular weight is 518 g/mol. The van der Waals surface area contributed by atoms with Crippen molar-refractivity contribution in [3.63, 3.8) is 0 Å². The van der Waals surface area contributed by atoms with Gasteiger partial charge in [-0.15, -0.1) is 11.3 Å². The molecule has 4 aromatic rings. The first kappa shape index (κ1) is 23.8. The molecule has 1 amide bonds. The van der Waals surface area contributed by atoms with Crippen LogP contribution in [0.2, 0.25) is 10.0 Å². The molecule has 0 unspecified atom stereocenters. The fraction of sp³-hybridized carbons (Fsp3) is 0.208. The Morgan fingerprint density at radius 2 is 1.85 bits per heavy atom. The van der Waals surface area contributed by atoms with E-state index in [4.69, 9.17) is 28.2 Å². The van der Waals surface area contributed by atoms with Gasteiger partial charge in [0.2, 0.25) is 5.91 Å². The van der Waals surface area contributed by atoms with Crippen molar-refractivity contribution < 1.29 is 4.79 Å². The van der Waals surface area contributed by atoms with E-state index in [1.54, 1.807) is 22.8 Å². The van der Waals surface area contributed by atoms with Gasteiger partial charge in [0.25, 0.3) is 5.56 Å². The Hall–Kier alpha value is -2.32. The molecule has 0 spiro atoms. The van der Waals surface area contributed by atoms with Crippen LogP contribution < -0.4 is 10.9 Å². The van der Waals surface area contributed by atoms with Gasteiger partial charge in [0.1, 0.15) is 4.83 Å². The summed E-state index contributed by atoms with van der Waals surface area (Å²) in [6.45, 7) is 7.96. The third kappa shape index (κ3) is 4.82. The molecule has 4 rings (SSSR count). The standard InChI is InChI=1S/C24H21Cl2N3O2S2/c1-12-5-7-17(9-13(12)2)29-23(31)21-14(3)15(4)33-22(21)28-24(29)32-11-20(30)27-19-8-6-16(25)10-18(19)26/h5-10H,11H2,1-4H3,(H,27,30). The van der Waals surface area contributed by atoms with Crippen molar-refractivity contribution in [3.8, 4) is 5.69 Å². The van der Waals surface area contributed by atoms with E-state index in [-0.39, 0.29) is 17.2 Å². The van der Waals surface area contributed by atoms with Crippen LogP contribution in [0.25, 0.3) is 15.9 Å². The SMILES string of the molecule is Cc1ccc(-n2c(SCC(=O)Nc3ccc(Cl)cc3Cl)nc3sc(C)c(C)c3c2=O)cc1C. The summed E-state index contributed by atoms with van der Waals surface area (Å²) in [6.07, 6.45) is 0. The van der Waals surface area contributed by atoms with Crippen molar-refractivity contribution in [3.05, 3.63) is 78.4 Å². The van der Waals surface area contributed by atoms with Crippen LogP contribution in [-0.4, -0.2) is 21.2 Å². The number of hydrogen-bond donors (Lipinski definition) is 1. The van der Waals surface area contributed by atoms with E-state index in [1.165, 1.54) is 23.1 Å². The molecule has 0 fully saturated rings. The van der Waals surface area contributed by atoms with Crippen molar-refractivity contribution in [2.75, 3.05) is 11.1 Å².